The number of ether oxygens (including phenoxy) is 1. The molecule has 3 N–H and O–H groups in total. The highest BCUT2D eigenvalue weighted by Crippen LogP contribution is 2.39. The van der Waals surface area contributed by atoms with Gasteiger partial charge in [-0.15, -0.1) is 0 Å². The Morgan fingerprint density at radius 2 is 1.82 bits per heavy atom. The molecule has 1 saturated carbocycles. The molecule has 206 valence electrons. The van der Waals surface area contributed by atoms with E-state index < -0.39 is 17.0 Å². The number of pyridine rings is 1. The highest BCUT2D eigenvalue weighted by molar-refractivity contribution is 6.60. The van der Waals surface area contributed by atoms with Crippen LogP contribution in [0.2, 0.25) is 0 Å². The van der Waals surface area contributed by atoms with Crippen molar-refractivity contribution >= 4 is 58.5 Å². The molecule has 0 unspecified atom stereocenters. The number of amides is 3. The van der Waals surface area contributed by atoms with Crippen LogP contribution in [0.3, 0.4) is 0 Å². The molecular formula is C25H31B3FN7O4. The van der Waals surface area contributed by atoms with Gasteiger partial charge in [0.05, 0.1) is 29.7 Å². The summed E-state index contributed by atoms with van der Waals surface area (Å²) in [7, 11) is 11.9. The number of carbonyl (C=O) groups is 3. The van der Waals surface area contributed by atoms with Crippen LogP contribution in [0.5, 0.6) is 5.75 Å². The van der Waals surface area contributed by atoms with E-state index >= 15 is 4.39 Å². The Kier molecular flexibility index (Phi) is 7.94. The summed E-state index contributed by atoms with van der Waals surface area (Å²) in [6.07, 6.45) is 3.00. The summed E-state index contributed by atoms with van der Waals surface area (Å²) in [6.45, 7) is 0. The van der Waals surface area contributed by atoms with Crippen molar-refractivity contribution in [3.05, 3.63) is 47.5 Å². The number of aryl methyl sites for hydroxylation is 1. The summed E-state index contributed by atoms with van der Waals surface area (Å²) in [5.74, 6) is -0.965. The monoisotopic (exact) mass is 545 g/mol. The molecular weight excluding hydrogens is 514 g/mol. The molecule has 4 rings (SSSR count). The van der Waals surface area contributed by atoms with Crippen LogP contribution in [0.1, 0.15) is 33.7 Å². The first-order chi connectivity index (χ1) is 18.8. The molecule has 1 aliphatic carbocycles. The topological polar surface area (TPSA) is 130 Å². The number of aromatic nitrogens is 3. The number of rotatable bonds is 9. The lowest BCUT2D eigenvalue weighted by Crippen LogP contribution is -2.50. The maximum atomic E-state index is 15.0. The highest BCUT2D eigenvalue weighted by Gasteiger charge is 2.30. The molecule has 0 radical (unpaired) electrons. The maximum absolute atomic E-state index is 15.0. The first-order valence-electron chi connectivity index (χ1n) is 12.8. The van der Waals surface area contributed by atoms with Crippen LogP contribution in [0.15, 0.2) is 30.5 Å². The third-order valence-corrected chi connectivity index (χ3v) is 6.14. The number of hydrogen-bond acceptors (Lipinski definition) is 7. The minimum atomic E-state index is -0.596. The van der Waals surface area contributed by atoms with Gasteiger partial charge in [-0.3, -0.25) is 19.1 Å². The maximum Gasteiger partial charge on any atom is 0.271 e. The lowest BCUT2D eigenvalue weighted by molar-refractivity contribution is -0.117. The third-order valence-electron chi connectivity index (χ3n) is 6.14. The Balaban J connectivity index is 1.78. The quantitative estimate of drug-likeness (QED) is 0.314. The Hall–Kier alpha value is -4.29. The highest BCUT2D eigenvalue weighted by atomic mass is 19.1. The molecule has 0 bridgehead atoms. The minimum absolute atomic E-state index is 0.0458. The molecule has 1 aliphatic rings. The summed E-state index contributed by atoms with van der Waals surface area (Å²) in [4.78, 5) is 43.8. The zero-order valence-corrected chi connectivity index (χ0v) is 23.7. The summed E-state index contributed by atoms with van der Waals surface area (Å²) in [5, 5.41) is 12.7. The predicted molar refractivity (Wildman–Crippen MR) is 158 cm³/mol. The number of methoxy groups -OCH3 is 1. The van der Waals surface area contributed by atoms with E-state index in [1.54, 1.807) is 27.2 Å². The van der Waals surface area contributed by atoms with Gasteiger partial charge in [0.15, 0.2) is 5.75 Å². The zero-order valence-electron chi connectivity index (χ0n) is 23.7. The van der Waals surface area contributed by atoms with Crippen molar-refractivity contribution in [2.45, 2.75) is 18.1 Å². The fourth-order valence-corrected chi connectivity index (χ4v) is 4.06. The van der Waals surface area contributed by atoms with E-state index in [1.165, 1.54) is 41.1 Å². The van der Waals surface area contributed by atoms with E-state index in [1.807, 2.05) is 23.5 Å². The van der Waals surface area contributed by atoms with Gasteiger partial charge >= 0.3 is 0 Å². The van der Waals surface area contributed by atoms with Crippen molar-refractivity contribution in [1.29, 1.82) is 0 Å². The largest absolute Gasteiger partial charge is 0.494 e. The molecule has 1 fully saturated rings. The van der Waals surface area contributed by atoms with Crippen LogP contribution in [-0.2, 0) is 11.8 Å². The molecule has 0 aliphatic heterocycles. The Bertz CT molecular complexity index is 1490. The van der Waals surface area contributed by atoms with E-state index in [0.29, 0.717) is 17.0 Å². The van der Waals surface area contributed by atoms with Crippen molar-refractivity contribution in [2.24, 2.45) is 13.0 Å². The van der Waals surface area contributed by atoms with Gasteiger partial charge in [0.2, 0.25) is 5.91 Å². The Labute approximate surface area is 234 Å². The van der Waals surface area contributed by atoms with E-state index in [0.717, 1.165) is 12.8 Å². The second-order valence-electron chi connectivity index (χ2n) is 11.0. The molecule has 0 spiro atoms. The average Bonchev–Trinajstić information content (AvgIpc) is 3.64. The van der Waals surface area contributed by atoms with Gasteiger partial charge in [-0.05, 0) is 30.2 Å². The van der Waals surface area contributed by atoms with Gasteiger partial charge in [-0.25, -0.2) is 9.37 Å². The normalized spacial score (nSPS) is 12.9. The van der Waals surface area contributed by atoms with Crippen LogP contribution in [0.4, 0.5) is 21.6 Å². The smallest absolute Gasteiger partial charge is 0.271 e. The number of nitrogens with one attached hydrogen (secondary N) is 3. The molecule has 2 heterocycles. The van der Waals surface area contributed by atoms with Gasteiger partial charge in [-0.1, -0.05) is 0 Å². The van der Waals surface area contributed by atoms with Gasteiger partial charge in [-0.2, -0.15) is 5.10 Å². The van der Waals surface area contributed by atoms with Crippen LogP contribution in [0.25, 0.3) is 11.3 Å². The van der Waals surface area contributed by atoms with Gasteiger partial charge in [0.25, 0.3) is 11.8 Å². The SMILES string of the molecule is BC(B)(B)NC(=O)c1cnc(NC(=O)C2CC2)cc1Nc1cc(F)cc(-c2cc(C(=O)N(C)C)n(C)n2)c1OC. The molecule has 40 heavy (non-hydrogen) atoms. The standard InChI is InChI=1S/C25H31B3FN7O4/c1-35(2)24(39)19-9-17(34-36(19)3)14-7-13(29)8-18(21(14)40-4)31-16-10-20(32-22(37)12-5-6-12)30-11-15(16)23(38)33-25(26,27)28/h7-12H,5-6,26-28H2,1-4H3,(H,33,38)(H2,30,31,32,37). The average molecular weight is 545 g/mol. The van der Waals surface area contributed by atoms with Crippen molar-refractivity contribution in [3.8, 4) is 17.0 Å². The molecule has 2 aromatic heterocycles. The van der Waals surface area contributed by atoms with Crippen LogP contribution in [0, 0.1) is 11.7 Å². The third kappa shape index (κ3) is 6.46. The fourth-order valence-electron chi connectivity index (χ4n) is 4.06. The fraction of sp³-hybridized carbons (Fsp3) is 0.320. The number of halogens is 1. The van der Waals surface area contributed by atoms with E-state index in [9.17, 15) is 14.4 Å². The first-order valence-corrected chi connectivity index (χ1v) is 12.8. The number of benzene rings is 1. The lowest BCUT2D eigenvalue weighted by Gasteiger charge is -2.22. The van der Waals surface area contributed by atoms with Crippen LogP contribution < -0.4 is 20.7 Å². The molecule has 3 aromatic rings. The summed E-state index contributed by atoms with van der Waals surface area (Å²) < 4.78 is 22.1. The second kappa shape index (κ2) is 11.1. The molecule has 0 saturated heterocycles. The van der Waals surface area contributed by atoms with E-state index in [2.05, 4.69) is 26.0 Å². The molecule has 1 aromatic carbocycles. The number of hydrogen-bond donors (Lipinski definition) is 3. The van der Waals surface area contributed by atoms with E-state index in [-0.39, 0.29) is 46.2 Å². The predicted octanol–water partition coefficient (Wildman–Crippen LogP) is -0.336. The van der Waals surface area contributed by atoms with E-state index in [4.69, 9.17) is 4.74 Å². The molecule has 3 amide bonds. The summed E-state index contributed by atoms with van der Waals surface area (Å²) >= 11 is 0. The Morgan fingerprint density at radius 3 is 2.42 bits per heavy atom. The van der Waals surface area contributed by atoms with Gasteiger partial charge in [0.1, 0.15) is 40.9 Å². The number of anilines is 3. The zero-order chi connectivity index (χ0) is 29.4. The second-order valence-corrected chi connectivity index (χ2v) is 11.0. The number of carbonyl (C=O) groups excluding carboxylic acids is 3. The van der Waals surface area contributed by atoms with Gasteiger partial charge in [0, 0.05) is 51.0 Å². The molecule has 11 nitrogen and oxygen atoms in total. The first kappa shape index (κ1) is 28.7. The summed E-state index contributed by atoms with van der Waals surface area (Å²) in [6, 6.07) is 5.57. The number of nitrogens with zero attached hydrogens (tertiary/aromatic N) is 4. The van der Waals surface area contributed by atoms with Crippen LogP contribution in [-0.4, -0.2) is 87.4 Å². The van der Waals surface area contributed by atoms with Crippen molar-refractivity contribution in [3.63, 3.8) is 0 Å². The summed E-state index contributed by atoms with van der Waals surface area (Å²) in [5.41, 5.74) is 1.61. The van der Waals surface area contributed by atoms with Gasteiger partial charge < -0.3 is 25.6 Å². The van der Waals surface area contributed by atoms with Crippen LogP contribution >= 0.6 is 0 Å². The lowest BCUT2D eigenvalue weighted by atomic mass is 9.49. The van der Waals surface area contributed by atoms with Crippen molar-refractivity contribution in [1.82, 2.24) is 25.0 Å². The van der Waals surface area contributed by atoms with Crippen molar-refractivity contribution in [2.75, 3.05) is 31.8 Å². The van der Waals surface area contributed by atoms with Crippen molar-refractivity contribution < 1.29 is 23.5 Å². The molecule has 0 atom stereocenters. The molecule has 15 heteroatoms. The minimum Gasteiger partial charge on any atom is -0.494 e. The Morgan fingerprint density at radius 1 is 1.12 bits per heavy atom.